The zero-order chi connectivity index (χ0) is 16.5. The van der Waals surface area contributed by atoms with Gasteiger partial charge in [-0.05, 0) is 36.4 Å². The average Bonchev–Trinajstić information content (AvgIpc) is 3.06. The Labute approximate surface area is 146 Å². The molecule has 116 valence electrons. The molecule has 0 fully saturated rings. The Bertz CT molecular complexity index is 1030. The van der Waals surface area contributed by atoms with Crippen LogP contribution in [0.5, 0.6) is 0 Å². The standard InChI is InChI=1S/C18H11BrN4O/c19-13-8-6-12(7-9-13)17(24)15-16-18(21-10-20-15)23(11-22-16)14-4-2-1-3-5-14/h1-11H. The van der Waals surface area contributed by atoms with E-state index in [4.69, 9.17) is 0 Å². The number of hydrogen-bond donors (Lipinski definition) is 0. The molecule has 2 heterocycles. The molecule has 0 aliphatic rings. The van der Waals surface area contributed by atoms with E-state index in [9.17, 15) is 4.79 Å². The highest BCUT2D eigenvalue weighted by Crippen LogP contribution is 2.20. The molecule has 2 aromatic heterocycles. The Balaban J connectivity index is 1.84. The fraction of sp³-hybridized carbons (Fsp3) is 0. The second-order valence-electron chi connectivity index (χ2n) is 5.18. The van der Waals surface area contributed by atoms with Gasteiger partial charge >= 0.3 is 0 Å². The van der Waals surface area contributed by atoms with Gasteiger partial charge in [-0.3, -0.25) is 9.36 Å². The lowest BCUT2D eigenvalue weighted by Crippen LogP contribution is -2.06. The molecule has 0 unspecified atom stereocenters. The summed E-state index contributed by atoms with van der Waals surface area (Å²) in [4.78, 5) is 25.6. The van der Waals surface area contributed by atoms with E-state index >= 15 is 0 Å². The number of imidazole rings is 1. The quantitative estimate of drug-likeness (QED) is 0.508. The Morgan fingerprint density at radius 2 is 1.67 bits per heavy atom. The number of halogens is 1. The van der Waals surface area contributed by atoms with E-state index in [1.807, 2.05) is 47.0 Å². The Kier molecular flexibility index (Phi) is 3.66. The smallest absolute Gasteiger partial charge is 0.213 e. The molecule has 6 heteroatoms. The summed E-state index contributed by atoms with van der Waals surface area (Å²) in [6.45, 7) is 0. The molecule has 0 saturated carbocycles. The van der Waals surface area contributed by atoms with Crippen LogP contribution >= 0.6 is 15.9 Å². The summed E-state index contributed by atoms with van der Waals surface area (Å²) in [7, 11) is 0. The number of ketones is 1. The number of para-hydroxylation sites is 1. The van der Waals surface area contributed by atoms with Crippen LogP contribution in [0.3, 0.4) is 0 Å². The second kappa shape index (κ2) is 5.98. The molecule has 0 amide bonds. The highest BCUT2D eigenvalue weighted by atomic mass is 79.9. The van der Waals surface area contributed by atoms with Gasteiger partial charge in [-0.2, -0.15) is 0 Å². The molecule has 24 heavy (non-hydrogen) atoms. The molecule has 0 N–H and O–H groups in total. The molecular weight excluding hydrogens is 368 g/mol. The van der Waals surface area contributed by atoms with Crippen molar-refractivity contribution >= 4 is 32.9 Å². The van der Waals surface area contributed by atoms with E-state index in [-0.39, 0.29) is 5.78 Å². The van der Waals surface area contributed by atoms with Crippen molar-refractivity contribution in [1.29, 1.82) is 0 Å². The van der Waals surface area contributed by atoms with E-state index in [0.29, 0.717) is 22.4 Å². The largest absolute Gasteiger partial charge is 0.287 e. The van der Waals surface area contributed by atoms with E-state index in [1.165, 1.54) is 6.33 Å². The Morgan fingerprint density at radius 1 is 0.917 bits per heavy atom. The minimum absolute atomic E-state index is 0.173. The number of hydrogen-bond acceptors (Lipinski definition) is 4. The van der Waals surface area contributed by atoms with Crippen LogP contribution in [0.4, 0.5) is 0 Å². The summed E-state index contributed by atoms with van der Waals surface area (Å²) in [5.41, 5.74) is 2.90. The number of benzene rings is 2. The molecular formula is C18H11BrN4O. The summed E-state index contributed by atoms with van der Waals surface area (Å²) in [6, 6.07) is 16.9. The molecule has 5 nitrogen and oxygen atoms in total. The third-order valence-corrected chi connectivity index (χ3v) is 4.22. The van der Waals surface area contributed by atoms with Crippen molar-refractivity contribution in [2.24, 2.45) is 0 Å². The molecule has 0 spiro atoms. The number of carbonyl (C=O) groups excluding carboxylic acids is 1. The number of fused-ring (bicyclic) bond motifs is 1. The summed E-state index contributed by atoms with van der Waals surface area (Å²) < 4.78 is 2.76. The van der Waals surface area contributed by atoms with Gasteiger partial charge in [0.15, 0.2) is 5.65 Å². The fourth-order valence-electron chi connectivity index (χ4n) is 2.52. The van der Waals surface area contributed by atoms with Crippen LogP contribution in [0.2, 0.25) is 0 Å². The van der Waals surface area contributed by atoms with Crippen LogP contribution in [0.25, 0.3) is 16.9 Å². The van der Waals surface area contributed by atoms with E-state index in [2.05, 4.69) is 30.9 Å². The molecule has 0 aliphatic carbocycles. The molecule has 4 rings (SSSR count). The van der Waals surface area contributed by atoms with Crippen molar-refractivity contribution in [3.05, 3.63) is 83.0 Å². The van der Waals surface area contributed by atoms with Gasteiger partial charge in [0, 0.05) is 15.7 Å². The highest BCUT2D eigenvalue weighted by Gasteiger charge is 2.18. The van der Waals surface area contributed by atoms with Crippen LogP contribution in [-0.2, 0) is 0 Å². The SMILES string of the molecule is O=C(c1ccc(Br)cc1)c1ncnc2c1ncn2-c1ccccc1. The molecule has 0 bridgehead atoms. The summed E-state index contributed by atoms with van der Waals surface area (Å²) in [6.07, 6.45) is 3.06. The molecule has 2 aromatic carbocycles. The minimum atomic E-state index is -0.173. The Hall–Kier alpha value is -2.86. The number of nitrogens with zero attached hydrogens (tertiary/aromatic N) is 4. The van der Waals surface area contributed by atoms with Gasteiger partial charge in [0.25, 0.3) is 0 Å². The predicted molar refractivity (Wildman–Crippen MR) is 94.2 cm³/mol. The summed E-state index contributed by atoms with van der Waals surface area (Å²) >= 11 is 3.37. The lowest BCUT2D eigenvalue weighted by Gasteiger charge is -2.04. The van der Waals surface area contributed by atoms with Crippen LogP contribution in [0, 0.1) is 0 Å². The number of carbonyl (C=O) groups is 1. The first-order chi connectivity index (χ1) is 11.7. The second-order valence-corrected chi connectivity index (χ2v) is 6.10. The van der Waals surface area contributed by atoms with E-state index in [0.717, 1.165) is 10.2 Å². The maximum atomic E-state index is 12.8. The van der Waals surface area contributed by atoms with Crippen LogP contribution < -0.4 is 0 Å². The van der Waals surface area contributed by atoms with Crippen LogP contribution in [0.1, 0.15) is 16.1 Å². The van der Waals surface area contributed by atoms with Gasteiger partial charge in [-0.15, -0.1) is 0 Å². The van der Waals surface area contributed by atoms with E-state index < -0.39 is 0 Å². The van der Waals surface area contributed by atoms with Crippen LogP contribution in [-0.4, -0.2) is 25.3 Å². The first-order valence-electron chi connectivity index (χ1n) is 7.28. The predicted octanol–water partition coefficient (Wildman–Crippen LogP) is 3.81. The lowest BCUT2D eigenvalue weighted by molar-refractivity contribution is 0.103. The van der Waals surface area contributed by atoms with Crippen molar-refractivity contribution < 1.29 is 4.79 Å². The van der Waals surface area contributed by atoms with E-state index in [1.54, 1.807) is 18.5 Å². The molecule has 0 radical (unpaired) electrons. The summed E-state index contributed by atoms with van der Waals surface area (Å²) in [5.74, 6) is -0.173. The maximum Gasteiger partial charge on any atom is 0.213 e. The number of aromatic nitrogens is 4. The van der Waals surface area contributed by atoms with Gasteiger partial charge < -0.3 is 0 Å². The first-order valence-corrected chi connectivity index (χ1v) is 8.07. The number of rotatable bonds is 3. The Morgan fingerprint density at radius 3 is 2.42 bits per heavy atom. The third kappa shape index (κ3) is 2.51. The molecule has 0 aliphatic heterocycles. The van der Waals surface area contributed by atoms with Gasteiger partial charge in [-0.25, -0.2) is 15.0 Å². The van der Waals surface area contributed by atoms with Crippen LogP contribution in [0.15, 0.2) is 71.7 Å². The van der Waals surface area contributed by atoms with Gasteiger partial charge in [0.05, 0.1) is 0 Å². The van der Waals surface area contributed by atoms with Crippen molar-refractivity contribution in [3.63, 3.8) is 0 Å². The normalized spacial score (nSPS) is 10.9. The average molecular weight is 379 g/mol. The monoisotopic (exact) mass is 378 g/mol. The molecule has 4 aromatic rings. The van der Waals surface area contributed by atoms with Crippen molar-refractivity contribution in [2.75, 3.05) is 0 Å². The third-order valence-electron chi connectivity index (χ3n) is 3.69. The van der Waals surface area contributed by atoms with Gasteiger partial charge in [0.2, 0.25) is 5.78 Å². The van der Waals surface area contributed by atoms with Crippen molar-refractivity contribution in [1.82, 2.24) is 19.5 Å². The maximum absolute atomic E-state index is 12.8. The highest BCUT2D eigenvalue weighted by molar-refractivity contribution is 9.10. The van der Waals surface area contributed by atoms with Crippen molar-refractivity contribution in [2.45, 2.75) is 0 Å². The first kappa shape index (κ1) is 14.7. The van der Waals surface area contributed by atoms with Gasteiger partial charge in [0.1, 0.15) is 23.9 Å². The topological polar surface area (TPSA) is 60.7 Å². The fourth-order valence-corrected chi connectivity index (χ4v) is 2.78. The minimum Gasteiger partial charge on any atom is -0.287 e. The lowest BCUT2D eigenvalue weighted by atomic mass is 10.1. The summed E-state index contributed by atoms with van der Waals surface area (Å²) in [5, 5.41) is 0. The van der Waals surface area contributed by atoms with Gasteiger partial charge in [-0.1, -0.05) is 34.1 Å². The molecule has 0 atom stereocenters. The zero-order valence-electron chi connectivity index (χ0n) is 12.4. The van der Waals surface area contributed by atoms with Crippen molar-refractivity contribution in [3.8, 4) is 5.69 Å². The molecule has 0 saturated heterocycles. The zero-order valence-corrected chi connectivity index (χ0v) is 14.0.